The van der Waals surface area contributed by atoms with Gasteiger partial charge in [-0.15, -0.1) is 0 Å². The Hall–Kier alpha value is -1.97. The first kappa shape index (κ1) is 14.4. The highest BCUT2D eigenvalue weighted by Gasteiger charge is 2.17. The molecular formula is C13H8ClFN2O2S. The highest BCUT2D eigenvalue weighted by Crippen LogP contribution is 2.22. The molecule has 1 aromatic heterocycles. The number of nitrogens with zero attached hydrogens (tertiary/aromatic N) is 2. The van der Waals surface area contributed by atoms with Crippen molar-refractivity contribution in [3.05, 3.63) is 58.6 Å². The second-order valence-electron chi connectivity index (χ2n) is 4.00. The summed E-state index contributed by atoms with van der Waals surface area (Å²) in [5, 5.41) is 8.47. The van der Waals surface area contributed by atoms with Gasteiger partial charge in [0.1, 0.15) is 17.6 Å². The lowest BCUT2D eigenvalue weighted by molar-refractivity contribution is 0.594. The molecule has 4 nitrogen and oxygen atoms in total. The third-order valence-corrected chi connectivity index (χ3v) is 4.52. The van der Waals surface area contributed by atoms with E-state index in [1.807, 2.05) is 6.07 Å². The molecule has 0 unspecified atom stereocenters. The second-order valence-corrected chi connectivity index (χ2v) is 6.39. The normalized spacial score (nSPS) is 11.1. The summed E-state index contributed by atoms with van der Waals surface area (Å²) >= 11 is 5.58. The minimum atomic E-state index is -3.67. The molecule has 0 bridgehead atoms. The minimum Gasteiger partial charge on any atom is -0.246 e. The topological polar surface area (TPSA) is 70.8 Å². The zero-order chi connectivity index (χ0) is 14.8. The van der Waals surface area contributed by atoms with E-state index in [0.29, 0.717) is 5.56 Å². The molecule has 102 valence electrons. The van der Waals surface area contributed by atoms with Gasteiger partial charge in [0, 0.05) is 6.20 Å². The standard InChI is InChI=1S/C13H8ClFN2O2S/c14-12-6-11(1-2-13(12)15)20(18,19)8-9-3-4-17-10(5-9)7-16/h1-6H,8H2. The Kier molecular flexibility index (Phi) is 4.02. The summed E-state index contributed by atoms with van der Waals surface area (Å²) in [4.78, 5) is 3.69. The molecule has 0 saturated heterocycles. The van der Waals surface area contributed by atoms with Crippen molar-refractivity contribution in [3.8, 4) is 6.07 Å². The van der Waals surface area contributed by atoms with E-state index in [1.54, 1.807) is 0 Å². The van der Waals surface area contributed by atoms with Crippen molar-refractivity contribution in [2.24, 2.45) is 0 Å². The molecule has 1 aromatic carbocycles. The van der Waals surface area contributed by atoms with E-state index < -0.39 is 15.7 Å². The van der Waals surface area contributed by atoms with Crippen molar-refractivity contribution in [3.63, 3.8) is 0 Å². The fraction of sp³-hybridized carbons (Fsp3) is 0.0769. The molecular weight excluding hydrogens is 303 g/mol. The van der Waals surface area contributed by atoms with Crippen LogP contribution in [0.4, 0.5) is 4.39 Å². The Balaban J connectivity index is 2.35. The lowest BCUT2D eigenvalue weighted by Gasteiger charge is -2.05. The molecule has 0 aliphatic rings. The minimum absolute atomic E-state index is 0.0702. The zero-order valence-electron chi connectivity index (χ0n) is 10.0. The molecule has 0 atom stereocenters. The maximum absolute atomic E-state index is 13.0. The van der Waals surface area contributed by atoms with Gasteiger partial charge in [0.25, 0.3) is 0 Å². The number of pyridine rings is 1. The Morgan fingerprint density at radius 3 is 2.70 bits per heavy atom. The molecule has 2 aromatic rings. The molecule has 0 saturated carbocycles. The van der Waals surface area contributed by atoms with E-state index in [0.717, 1.165) is 18.2 Å². The number of benzene rings is 1. The molecule has 20 heavy (non-hydrogen) atoms. The summed E-state index contributed by atoms with van der Waals surface area (Å²) in [5.41, 5.74) is 0.562. The van der Waals surface area contributed by atoms with Crippen LogP contribution in [-0.2, 0) is 15.6 Å². The highest BCUT2D eigenvalue weighted by atomic mass is 35.5. The first-order valence-electron chi connectivity index (χ1n) is 5.45. The molecule has 7 heteroatoms. The van der Waals surface area contributed by atoms with Gasteiger partial charge in [-0.25, -0.2) is 17.8 Å². The quantitative estimate of drug-likeness (QED) is 0.817. The van der Waals surface area contributed by atoms with Crippen molar-refractivity contribution in [2.45, 2.75) is 10.6 Å². The van der Waals surface area contributed by atoms with Crippen molar-refractivity contribution < 1.29 is 12.8 Å². The van der Waals surface area contributed by atoms with Crippen LogP contribution in [0.3, 0.4) is 0 Å². The van der Waals surface area contributed by atoms with Gasteiger partial charge in [-0.3, -0.25) is 0 Å². The zero-order valence-corrected chi connectivity index (χ0v) is 11.6. The number of rotatable bonds is 3. The van der Waals surface area contributed by atoms with Crippen LogP contribution in [0.1, 0.15) is 11.3 Å². The summed E-state index contributed by atoms with van der Waals surface area (Å²) in [6.45, 7) is 0. The Morgan fingerprint density at radius 2 is 2.05 bits per heavy atom. The van der Waals surface area contributed by atoms with Gasteiger partial charge < -0.3 is 0 Å². The number of aromatic nitrogens is 1. The van der Waals surface area contributed by atoms with Gasteiger partial charge in [-0.1, -0.05) is 11.6 Å². The molecule has 0 aliphatic heterocycles. The summed E-state index contributed by atoms with van der Waals surface area (Å²) in [5.74, 6) is -0.993. The second kappa shape index (κ2) is 5.57. The van der Waals surface area contributed by atoms with Crippen molar-refractivity contribution in [1.29, 1.82) is 5.26 Å². The Bertz CT molecular complexity index is 800. The molecule has 0 N–H and O–H groups in total. The average Bonchev–Trinajstić information content (AvgIpc) is 2.41. The summed E-state index contributed by atoms with van der Waals surface area (Å²) < 4.78 is 37.4. The number of nitriles is 1. The molecule has 2 rings (SSSR count). The maximum Gasteiger partial charge on any atom is 0.182 e. The molecule has 1 heterocycles. The van der Waals surface area contributed by atoms with E-state index in [2.05, 4.69) is 4.98 Å². The van der Waals surface area contributed by atoms with Crippen LogP contribution in [0.2, 0.25) is 5.02 Å². The number of hydrogen-bond donors (Lipinski definition) is 0. The predicted octanol–water partition coefficient (Wildman–Crippen LogP) is 2.72. The monoisotopic (exact) mass is 310 g/mol. The third-order valence-electron chi connectivity index (χ3n) is 2.55. The van der Waals surface area contributed by atoms with Gasteiger partial charge in [0.15, 0.2) is 9.84 Å². The highest BCUT2D eigenvalue weighted by molar-refractivity contribution is 7.90. The number of sulfone groups is 1. The van der Waals surface area contributed by atoms with Gasteiger partial charge in [-0.05, 0) is 35.9 Å². The van der Waals surface area contributed by atoms with Crippen LogP contribution in [0.25, 0.3) is 0 Å². The van der Waals surface area contributed by atoms with Crippen LogP contribution in [0.15, 0.2) is 41.4 Å². The number of hydrogen-bond acceptors (Lipinski definition) is 4. The van der Waals surface area contributed by atoms with Gasteiger partial charge in [0.05, 0.1) is 15.7 Å². The van der Waals surface area contributed by atoms with E-state index >= 15 is 0 Å². The predicted molar refractivity (Wildman–Crippen MR) is 71.3 cm³/mol. The van der Waals surface area contributed by atoms with Crippen LogP contribution in [-0.4, -0.2) is 13.4 Å². The molecule has 0 spiro atoms. The lowest BCUT2D eigenvalue weighted by atomic mass is 10.2. The summed E-state index contributed by atoms with van der Waals surface area (Å²) in [6.07, 6.45) is 1.36. The molecule has 0 amide bonds. The van der Waals surface area contributed by atoms with Gasteiger partial charge in [0.2, 0.25) is 0 Å². The molecule has 0 fully saturated rings. The van der Waals surface area contributed by atoms with Crippen molar-refractivity contribution in [1.82, 2.24) is 4.98 Å². The fourth-order valence-corrected chi connectivity index (χ4v) is 3.20. The van der Waals surface area contributed by atoms with Crippen molar-refractivity contribution >= 4 is 21.4 Å². The first-order valence-corrected chi connectivity index (χ1v) is 7.48. The fourth-order valence-electron chi connectivity index (χ4n) is 1.60. The van der Waals surface area contributed by atoms with Gasteiger partial charge >= 0.3 is 0 Å². The molecule has 0 aliphatic carbocycles. The van der Waals surface area contributed by atoms with E-state index in [1.165, 1.54) is 18.3 Å². The van der Waals surface area contributed by atoms with Crippen LogP contribution < -0.4 is 0 Å². The average molecular weight is 311 g/mol. The van der Waals surface area contributed by atoms with E-state index in [4.69, 9.17) is 16.9 Å². The first-order chi connectivity index (χ1) is 9.42. The van der Waals surface area contributed by atoms with E-state index in [-0.39, 0.29) is 21.4 Å². The van der Waals surface area contributed by atoms with Crippen LogP contribution in [0.5, 0.6) is 0 Å². The molecule has 0 radical (unpaired) electrons. The summed E-state index contributed by atoms with van der Waals surface area (Å²) in [7, 11) is -3.67. The third kappa shape index (κ3) is 3.13. The smallest absolute Gasteiger partial charge is 0.182 e. The SMILES string of the molecule is N#Cc1cc(CS(=O)(=O)c2ccc(F)c(Cl)c2)ccn1. The maximum atomic E-state index is 13.0. The van der Waals surface area contributed by atoms with Crippen LogP contribution >= 0.6 is 11.6 Å². The van der Waals surface area contributed by atoms with Gasteiger partial charge in [-0.2, -0.15) is 5.26 Å². The Labute approximate surface area is 120 Å². The Morgan fingerprint density at radius 1 is 1.30 bits per heavy atom. The largest absolute Gasteiger partial charge is 0.246 e. The van der Waals surface area contributed by atoms with Crippen LogP contribution in [0, 0.1) is 17.1 Å². The lowest BCUT2D eigenvalue weighted by Crippen LogP contribution is -2.05. The number of halogens is 2. The van der Waals surface area contributed by atoms with Crippen molar-refractivity contribution in [2.75, 3.05) is 0 Å². The summed E-state index contributed by atoms with van der Waals surface area (Å²) in [6, 6.07) is 7.95. The van der Waals surface area contributed by atoms with E-state index in [9.17, 15) is 12.8 Å².